The predicted molar refractivity (Wildman–Crippen MR) is 75.7 cm³/mol. The van der Waals surface area contributed by atoms with E-state index in [9.17, 15) is 0 Å². The first-order chi connectivity index (χ1) is 9.83. The second-order valence-corrected chi connectivity index (χ2v) is 4.21. The highest BCUT2D eigenvalue weighted by molar-refractivity contribution is 5.64. The maximum absolute atomic E-state index is 5.84. The summed E-state index contributed by atoms with van der Waals surface area (Å²) in [5, 5.41) is 3.17. The summed E-state index contributed by atoms with van der Waals surface area (Å²) in [6, 6.07) is 5.68. The Labute approximate surface area is 115 Å². The number of nitrogens with zero attached hydrogens (tertiary/aromatic N) is 3. The van der Waals surface area contributed by atoms with Crippen molar-refractivity contribution >= 4 is 11.6 Å². The largest absolute Gasteiger partial charge is 0.472 e. The highest BCUT2D eigenvalue weighted by Gasteiger charge is 2.07. The van der Waals surface area contributed by atoms with Gasteiger partial charge in [0, 0.05) is 24.5 Å². The van der Waals surface area contributed by atoms with Crippen LogP contribution in [0.1, 0.15) is 5.56 Å². The summed E-state index contributed by atoms with van der Waals surface area (Å²) in [4.78, 5) is 12.6. The van der Waals surface area contributed by atoms with E-state index in [-0.39, 0.29) is 0 Å². The van der Waals surface area contributed by atoms with Crippen molar-refractivity contribution < 1.29 is 4.42 Å². The van der Waals surface area contributed by atoms with Crippen molar-refractivity contribution in [2.45, 2.75) is 6.54 Å². The van der Waals surface area contributed by atoms with Crippen LogP contribution in [-0.2, 0) is 6.54 Å². The second kappa shape index (κ2) is 5.40. The van der Waals surface area contributed by atoms with Crippen LogP contribution in [-0.4, -0.2) is 15.0 Å². The van der Waals surface area contributed by atoms with Gasteiger partial charge in [0.05, 0.1) is 24.4 Å². The topological polar surface area (TPSA) is 89.9 Å². The summed E-state index contributed by atoms with van der Waals surface area (Å²) in [6.45, 7) is 0.607. The summed E-state index contributed by atoms with van der Waals surface area (Å²) in [6.07, 6.45) is 8.32. The van der Waals surface area contributed by atoms with Gasteiger partial charge in [-0.3, -0.25) is 4.98 Å². The lowest BCUT2D eigenvalue weighted by atomic mass is 10.2. The van der Waals surface area contributed by atoms with Gasteiger partial charge >= 0.3 is 0 Å². The molecule has 3 N–H and O–H groups in total. The zero-order chi connectivity index (χ0) is 13.8. The number of nitrogen functional groups attached to an aromatic ring is 1. The molecule has 6 nitrogen and oxygen atoms in total. The van der Waals surface area contributed by atoms with E-state index in [4.69, 9.17) is 10.2 Å². The molecule has 0 aliphatic heterocycles. The van der Waals surface area contributed by atoms with Crippen LogP contribution in [0, 0.1) is 0 Å². The van der Waals surface area contributed by atoms with E-state index in [2.05, 4.69) is 20.3 Å². The molecule has 0 saturated heterocycles. The van der Waals surface area contributed by atoms with Gasteiger partial charge in [-0.25, -0.2) is 9.97 Å². The minimum absolute atomic E-state index is 0.367. The minimum Gasteiger partial charge on any atom is -0.472 e. The molecule has 0 aliphatic rings. The van der Waals surface area contributed by atoms with Crippen LogP contribution in [0.25, 0.3) is 11.3 Å². The van der Waals surface area contributed by atoms with Crippen molar-refractivity contribution in [2.75, 3.05) is 11.1 Å². The van der Waals surface area contributed by atoms with Crippen molar-refractivity contribution in [3.8, 4) is 11.3 Å². The van der Waals surface area contributed by atoms with E-state index in [1.54, 1.807) is 31.1 Å². The smallest absolute Gasteiger partial charge is 0.169 e. The zero-order valence-corrected chi connectivity index (χ0v) is 10.7. The van der Waals surface area contributed by atoms with Crippen LogP contribution in [0.3, 0.4) is 0 Å². The van der Waals surface area contributed by atoms with E-state index < -0.39 is 0 Å². The van der Waals surface area contributed by atoms with Gasteiger partial charge < -0.3 is 15.5 Å². The molecule has 3 aromatic heterocycles. The van der Waals surface area contributed by atoms with E-state index in [0.29, 0.717) is 23.9 Å². The summed E-state index contributed by atoms with van der Waals surface area (Å²) < 4.78 is 5.04. The molecule has 3 aromatic rings. The Morgan fingerprint density at radius 1 is 1.20 bits per heavy atom. The molecule has 0 spiro atoms. The van der Waals surface area contributed by atoms with Crippen LogP contribution in [0.5, 0.6) is 0 Å². The van der Waals surface area contributed by atoms with Crippen LogP contribution in [0.15, 0.2) is 53.7 Å². The first-order valence-corrected chi connectivity index (χ1v) is 6.11. The van der Waals surface area contributed by atoms with Crippen molar-refractivity contribution in [1.29, 1.82) is 0 Å². The lowest BCUT2D eigenvalue weighted by molar-refractivity contribution is 0.568. The molecule has 3 heterocycles. The number of hydrogen-bond acceptors (Lipinski definition) is 6. The van der Waals surface area contributed by atoms with Gasteiger partial charge in [0.15, 0.2) is 11.6 Å². The van der Waals surface area contributed by atoms with E-state index in [1.807, 2.05) is 18.2 Å². The molecule has 20 heavy (non-hydrogen) atoms. The van der Waals surface area contributed by atoms with Gasteiger partial charge in [0.25, 0.3) is 0 Å². The summed E-state index contributed by atoms with van der Waals surface area (Å²) in [7, 11) is 0. The molecule has 0 aliphatic carbocycles. The molecule has 0 unspecified atom stereocenters. The van der Waals surface area contributed by atoms with E-state index in [0.717, 1.165) is 11.1 Å². The highest BCUT2D eigenvalue weighted by atomic mass is 16.3. The fourth-order valence-corrected chi connectivity index (χ4v) is 1.76. The lowest BCUT2D eigenvalue weighted by Gasteiger charge is -2.08. The number of anilines is 2. The van der Waals surface area contributed by atoms with E-state index in [1.165, 1.54) is 0 Å². The van der Waals surface area contributed by atoms with Crippen LogP contribution in [0.2, 0.25) is 0 Å². The molecule has 0 amide bonds. The standard InChI is InChI=1S/C14H13N5O/c15-13-14(18-7-10-1-4-16-5-2-10)19-12(8-17-13)11-3-6-20-9-11/h1-6,8-9H,7H2,(H2,15,17)(H,18,19). The molecule has 0 atom stereocenters. The maximum atomic E-state index is 5.84. The normalized spacial score (nSPS) is 10.4. The Bertz CT molecular complexity index is 682. The average Bonchev–Trinajstić information content (AvgIpc) is 3.02. The number of pyridine rings is 1. The number of furan rings is 1. The second-order valence-electron chi connectivity index (χ2n) is 4.21. The Hall–Kier alpha value is -2.89. The summed E-state index contributed by atoms with van der Waals surface area (Å²) in [5.41, 5.74) is 8.51. The van der Waals surface area contributed by atoms with Crippen molar-refractivity contribution in [2.24, 2.45) is 0 Å². The van der Waals surface area contributed by atoms with Gasteiger partial charge in [-0.2, -0.15) is 0 Å². The van der Waals surface area contributed by atoms with Crippen LogP contribution in [0.4, 0.5) is 11.6 Å². The molecule has 0 fully saturated rings. The Balaban J connectivity index is 1.80. The summed E-state index contributed by atoms with van der Waals surface area (Å²) >= 11 is 0. The Kier molecular flexibility index (Phi) is 3.28. The minimum atomic E-state index is 0.367. The number of nitrogens with one attached hydrogen (secondary N) is 1. The van der Waals surface area contributed by atoms with Gasteiger partial charge in [-0.1, -0.05) is 0 Å². The predicted octanol–water partition coefficient (Wildman–Crippen LogP) is 2.33. The van der Waals surface area contributed by atoms with Gasteiger partial charge in [-0.05, 0) is 23.8 Å². The third-order valence-corrected chi connectivity index (χ3v) is 2.83. The monoisotopic (exact) mass is 267 g/mol. The fourth-order valence-electron chi connectivity index (χ4n) is 1.76. The van der Waals surface area contributed by atoms with Crippen molar-refractivity contribution in [3.05, 3.63) is 54.9 Å². The van der Waals surface area contributed by atoms with Crippen LogP contribution < -0.4 is 11.1 Å². The van der Waals surface area contributed by atoms with Crippen molar-refractivity contribution in [3.63, 3.8) is 0 Å². The SMILES string of the molecule is Nc1ncc(-c2ccoc2)nc1NCc1ccncc1. The molecule has 6 heteroatoms. The fraction of sp³-hybridized carbons (Fsp3) is 0.0714. The molecular formula is C14H13N5O. The molecule has 0 bridgehead atoms. The number of aromatic nitrogens is 3. The Morgan fingerprint density at radius 3 is 2.80 bits per heavy atom. The van der Waals surface area contributed by atoms with Gasteiger partial charge in [0.1, 0.15) is 0 Å². The number of hydrogen-bond donors (Lipinski definition) is 2. The third-order valence-electron chi connectivity index (χ3n) is 2.83. The van der Waals surface area contributed by atoms with Crippen LogP contribution >= 0.6 is 0 Å². The van der Waals surface area contributed by atoms with E-state index >= 15 is 0 Å². The number of nitrogens with two attached hydrogens (primary N) is 1. The quantitative estimate of drug-likeness (QED) is 0.754. The third kappa shape index (κ3) is 2.59. The summed E-state index contributed by atoms with van der Waals surface area (Å²) in [5.74, 6) is 0.923. The zero-order valence-electron chi connectivity index (χ0n) is 10.7. The molecule has 0 radical (unpaired) electrons. The van der Waals surface area contributed by atoms with Gasteiger partial charge in [-0.15, -0.1) is 0 Å². The maximum Gasteiger partial charge on any atom is 0.169 e. The molecule has 0 aromatic carbocycles. The number of rotatable bonds is 4. The lowest BCUT2D eigenvalue weighted by Crippen LogP contribution is -2.06. The first kappa shape index (κ1) is 12.2. The molecule has 0 saturated carbocycles. The molecular weight excluding hydrogens is 254 g/mol. The van der Waals surface area contributed by atoms with Gasteiger partial charge in [0.2, 0.25) is 0 Å². The van der Waals surface area contributed by atoms with Crippen molar-refractivity contribution in [1.82, 2.24) is 15.0 Å². The first-order valence-electron chi connectivity index (χ1n) is 6.11. The molecule has 100 valence electrons. The highest BCUT2D eigenvalue weighted by Crippen LogP contribution is 2.21. The molecule has 3 rings (SSSR count). The Morgan fingerprint density at radius 2 is 2.05 bits per heavy atom. The average molecular weight is 267 g/mol.